The summed E-state index contributed by atoms with van der Waals surface area (Å²) in [6, 6.07) is 11.7. The largest absolute Gasteiger partial charge is 0.360 e. The number of thiazole rings is 1. The highest BCUT2D eigenvalue weighted by molar-refractivity contribution is 7.22. The number of Topliss-reactive ketones (excluding diaryl/α,β-unsaturated/α-hetero) is 1. The third-order valence-electron chi connectivity index (χ3n) is 6.74. The first-order valence-electron chi connectivity index (χ1n) is 13.1. The summed E-state index contributed by atoms with van der Waals surface area (Å²) in [4.78, 5) is 29.8. The van der Waals surface area contributed by atoms with Gasteiger partial charge in [0.1, 0.15) is 16.8 Å². The second-order valence-corrected chi connectivity index (χ2v) is 12.5. The normalized spacial score (nSPS) is 15.4. The summed E-state index contributed by atoms with van der Waals surface area (Å²) in [7, 11) is 2.11. The van der Waals surface area contributed by atoms with Crippen molar-refractivity contribution < 1.29 is 9.53 Å². The van der Waals surface area contributed by atoms with Crippen LogP contribution in [0, 0.1) is 6.92 Å². The Balaban J connectivity index is 1.70. The van der Waals surface area contributed by atoms with Gasteiger partial charge in [-0.25, -0.2) is 15.0 Å². The first kappa shape index (κ1) is 27.6. The zero-order chi connectivity index (χ0) is 27.9. The van der Waals surface area contributed by atoms with Crippen LogP contribution in [0.25, 0.3) is 37.6 Å². The number of nitrogens with zero attached hydrogens (tertiary/aromatic N) is 4. The number of aromatic nitrogens is 3. The van der Waals surface area contributed by atoms with Crippen LogP contribution >= 0.6 is 22.9 Å². The Labute approximate surface area is 238 Å². The molecule has 8 heteroatoms. The van der Waals surface area contributed by atoms with Gasteiger partial charge in [-0.3, -0.25) is 4.79 Å². The second kappa shape index (κ2) is 10.9. The minimum absolute atomic E-state index is 0.0424. The van der Waals surface area contributed by atoms with Crippen molar-refractivity contribution in [2.45, 2.75) is 52.7 Å². The Kier molecular flexibility index (Phi) is 7.71. The zero-order valence-electron chi connectivity index (χ0n) is 23.2. The van der Waals surface area contributed by atoms with Gasteiger partial charge in [0, 0.05) is 35.4 Å². The van der Waals surface area contributed by atoms with Crippen LogP contribution in [0.5, 0.6) is 0 Å². The van der Waals surface area contributed by atoms with Crippen molar-refractivity contribution in [2.24, 2.45) is 0 Å². The summed E-state index contributed by atoms with van der Waals surface area (Å²) in [5.41, 5.74) is 6.03. The number of carbonyl (C=O) groups excluding carboxylic acids is 1. The quantitative estimate of drug-likeness (QED) is 0.242. The van der Waals surface area contributed by atoms with Crippen molar-refractivity contribution in [1.82, 2.24) is 19.9 Å². The fourth-order valence-electron chi connectivity index (χ4n) is 4.87. The molecule has 0 unspecified atom stereocenters. The molecule has 1 atom stereocenters. The molecule has 202 valence electrons. The Morgan fingerprint density at radius 3 is 2.54 bits per heavy atom. The zero-order valence-corrected chi connectivity index (χ0v) is 24.8. The van der Waals surface area contributed by atoms with E-state index in [9.17, 15) is 4.79 Å². The predicted octanol–water partition coefficient (Wildman–Crippen LogP) is 7.55. The van der Waals surface area contributed by atoms with E-state index in [0.717, 1.165) is 68.5 Å². The minimum atomic E-state index is -0.715. The number of aryl methyl sites for hydroxylation is 1. The van der Waals surface area contributed by atoms with Gasteiger partial charge < -0.3 is 9.64 Å². The van der Waals surface area contributed by atoms with Crippen molar-refractivity contribution >= 4 is 44.5 Å². The number of fused-ring (bicyclic) bond motifs is 1. The molecule has 0 N–H and O–H groups in total. The molecular weight excluding hydrogens is 528 g/mol. The van der Waals surface area contributed by atoms with Gasteiger partial charge in [-0.2, -0.15) is 0 Å². The maximum atomic E-state index is 13.0. The van der Waals surface area contributed by atoms with Gasteiger partial charge in [0.25, 0.3) is 0 Å². The lowest BCUT2D eigenvalue weighted by Gasteiger charge is -2.29. The lowest BCUT2D eigenvalue weighted by Crippen LogP contribution is -2.27. The van der Waals surface area contributed by atoms with E-state index in [1.807, 2.05) is 70.3 Å². The lowest BCUT2D eigenvalue weighted by molar-refractivity contribution is -0.138. The number of ether oxygens (including phenoxy) is 1. The van der Waals surface area contributed by atoms with Gasteiger partial charge in [-0.15, -0.1) is 11.3 Å². The molecule has 0 saturated carbocycles. The first-order chi connectivity index (χ1) is 18.5. The highest BCUT2D eigenvalue weighted by atomic mass is 35.5. The molecule has 0 radical (unpaired) electrons. The molecule has 4 aromatic rings. The van der Waals surface area contributed by atoms with Gasteiger partial charge in [-0.1, -0.05) is 29.8 Å². The van der Waals surface area contributed by atoms with Crippen LogP contribution in [0.3, 0.4) is 0 Å². The minimum Gasteiger partial charge on any atom is -0.360 e. The number of halogens is 1. The molecular formula is C31H33ClN4O2S. The van der Waals surface area contributed by atoms with E-state index < -0.39 is 11.7 Å². The van der Waals surface area contributed by atoms with Gasteiger partial charge in [0.15, 0.2) is 11.6 Å². The van der Waals surface area contributed by atoms with E-state index in [0.29, 0.717) is 5.02 Å². The molecule has 0 spiro atoms. The van der Waals surface area contributed by atoms with Crippen LogP contribution in [-0.2, 0) is 9.53 Å². The molecule has 2 aromatic carbocycles. The van der Waals surface area contributed by atoms with Crippen LogP contribution in [0.2, 0.25) is 5.02 Å². The van der Waals surface area contributed by atoms with Crippen LogP contribution < -0.4 is 0 Å². The number of benzene rings is 2. The third kappa shape index (κ3) is 5.97. The van der Waals surface area contributed by atoms with E-state index in [2.05, 4.69) is 23.0 Å². The number of rotatable bonds is 6. The number of likely N-dealkylation sites (N-methyl/N-ethyl adjacent to an activating group) is 1. The molecule has 2 aromatic heterocycles. The van der Waals surface area contributed by atoms with Gasteiger partial charge in [0.2, 0.25) is 0 Å². The van der Waals surface area contributed by atoms with Crippen LogP contribution in [0.1, 0.15) is 57.2 Å². The maximum absolute atomic E-state index is 13.0. The maximum Gasteiger partial charge on any atom is 0.163 e. The molecule has 1 aliphatic rings. The number of hydrogen-bond acceptors (Lipinski definition) is 7. The standard InChI is InChI=1S/C31H33ClN4O2S/c1-18-17-24-28(39-30(35-24)23-11-14-33-29(34-23)21-12-15-36(6)16-13-21)26(20-7-9-22(32)10-8-20)25(18)27(19(2)37)38-31(3,4)5/h7-12,14,17,27H,13,15-16H2,1-6H3/t27-/m1/s1. The Hall–Kier alpha value is -2.97. The summed E-state index contributed by atoms with van der Waals surface area (Å²) < 4.78 is 7.34. The molecule has 1 aliphatic heterocycles. The van der Waals surface area contributed by atoms with E-state index in [4.69, 9.17) is 26.3 Å². The van der Waals surface area contributed by atoms with Crippen LogP contribution in [0.15, 0.2) is 48.7 Å². The van der Waals surface area contributed by atoms with Crippen molar-refractivity contribution in [3.05, 3.63) is 70.6 Å². The summed E-state index contributed by atoms with van der Waals surface area (Å²) in [6.07, 6.45) is 4.21. The van der Waals surface area contributed by atoms with Crippen molar-refractivity contribution in [1.29, 1.82) is 0 Å². The van der Waals surface area contributed by atoms with Gasteiger partial charge >= 0.3 is 0 Å². The average molecular weight is 561 g/mol. The number of carbonyl (C=O) groups is 1. The second-order valence-electron chi connectivity index (χ2n) is 11.1. The molecule has 3 heterocycles. The smallest absolute Gasteiger partial charge is 0.163 e. The van der Waals surface area contributed by atoms with E-state index in [-0.39, 0.29) is 5.78 Å². The van der Waals surface area contributed by atoms with E-state index >= 15 is 0 Å². The number of ketones is 1. The van der Waals surface area contributed by atoms with Crippen LogP contribution in [0.4, 0.5) is 0 Å². The molecule has 0 aliphatic carbocycles. The molecule has 39 heavy (non-hydrogen) atoms. The average Bonchev–Trinajstić information content (AvgIpc) is 3.31. The SMILES string of the molecule is CC(=O)[C@@H](OC(C)(C)C)c1c(C)cc2nc(-c3ccnc(C4=CCN(C)CC4)n3)sc2c1-c1ccc(Cl)cc1. The van der Waals surface area contributed by atoms with Crippen molar-refractivity contribution in [3.8, 4) is 21.8 Å². The summed E-state index contributed by atoms with van der Waals surface area (Å²) >= 11 is 7.82. The van der Waals surface area contributed by atoms with E-state index in [1.165, 1.54) is 5.57 Å². The third-order valence-corrected chi connectivity index (χ3v) is 8.10. The Morgan fingerprint density at radius 1 is 1.15 bits per heavy atom. The summed E-state index contributed by atoms with van der Waals surface area (Å²) in [5, 5.41) is 1.46. The summed E-state index contributed by atoms with van der Waals surface area (Å²) in [6.45, 7) is 11.4. The fourth-order valence-corrected chi connectivity index (χ4v) is 6.09. The highest BCUT2D eigenvalue weighted by Gasteiger charge is 2.30. The first-order valence-corrected chi connectivity index (χ1v) is 14.3. The van der Waals surface area contributed by atoms with Gasteiger partial charge in [0.05, 0.1) is 15.8 Å². The molecule has 6 nitrogen and oxygen atoms in total. The highest BCUT2D eigenvalue weighted by Crippen LogP contribution is 2.44. The predicted molar refractivity (Wildman–Crippen MR) is 160 cm³/mol. The topological polar surface area (TPSA) is 68.2 Å². The number of hydrogen-bond donors (Lipinski definition) is 0. The van der Waals surface area contributed by atoms with Gasteiger partial charge in [-0.05, 0) is 89.1 Å². The Bertz CT molecular complexity index is 1570. The Morgan fingerprint density at radius 2 is 1.90 bits per heavy atom. The monoisotopic (exact) mass is 560 g/mol. The van der Waals surface area contributed by atoms with Crippen LogP contribution in [-0.4, -0.2) is 51.4 Å². The summed E-state index contributed by atoms with van der Waals surface area (Å²) in [5.74, 6) is 0.712. The fraction of sp³-hybridized carbons (Fsp3) is 0.355. The molecule has 0 fully saturated rings. The molecule has 5 rings (SSSR count). The molecule has 0 saturated heterocycles. The lowest BCUT2D eigenvalue weighted by atomic mass is 9.90. The molecule has 0 bridgehead atoms. The van der Waals surface area contributed by atoms with Crippen molar-refractivity contribution in [3.63, 3.8) is 0 Å². The molecule has 0 amide bonds. The van der Waals surface area contributed by atoms with Crippen molar-refractivity contribution in [2.75, 3.05) is 20.1 Å². The van der Waals surface area contributed by atoms with E-state index in [1.54, 1.807) is 18.3 Å².